The molecule has 0 saturated heterocycles. The van der Waals surface area contributed by atoms with Crippen LogP contribution in [0.15, 0.2) is 0 Å². The van der Waals surface area contributed by atoms with Gasteiger partial charge in [-0.1, -0.05) is 6.92 Å². The van der Waals surface area contributed by atoms with Gasteiger partial charge in [0.25, 0.3) is 0 Å². The highest BCUT2D eigenvalue weighted by molar-refractivity contribution is 4.88. The zero-order chi connectivity index (χ0) is 8.97. The van der Waals surface area contributed by atoms with Crippen molar-refractivity contribution < 1.29 is 0 Å². The van der Waals surface area contributed by atoms with E-state index in [1.807, 2.05) is 0 Å². The zero-order valence-corrected chi connectivity index (χ0v) is 8.64. The van der Waals surface area contributed by atoms with Gasteiger partial charge in [-0.2, -0.15) is 0 Å². The number of hydrogen-bond acceptors (Lipinski definition) is 2. The minimum atomic E-state index is 0.859. The van der Waals surface area contributed by atoms with Crippen LogP contribution >= 0.6 is 0 Å². The molecule has 1 saturated carbocycles. The summed E-state index contributed by atoms with van der Waals surface area (Å²) in [6, 6.07) is 0.859. The van der Waals surface area contributed by atoms with Gasteiger partial charge in [-0.15, -0.1) is 0 Å². The minimum absolute atomic E-state index is 0.859. The lowest BCUT2D eigenvalue weighted by Gasteiger charge is -2.42. The normalized spacial score (nSPS) is 29.0. The summed E-state index contributed by atoms with van der Waals surface area (Å²) < 4.78 is 0. The minimum Gasteiger partial charge on any atom is -0.319 e. The molecule has 0 aromatic rings. The van der Waals surface area contributed by atoms with Crippen LogP contribution in [0.3, 0.4) is 0 Å². The van der Waals surface area contributed by atoms with Crippen molar-refractivity contribution in [1.29, 1.82) is 0 Å². The second-order valence-electron chi connectivity index (χ2n) is 3.94. The Morgan fingerprint density at radius 2 is 2.17 bits per heavy atom. The first-order valence-corrected chi connectivity index (χ1v) is 5.14. The van der Waals surface area contributed by atoms with Crippen LogP contribution in [0.5, 0.6) is 0 Å². The van der Waals surface area contributed by atoms with E-state index in [1.165, 1.54) is 32.4 Å². The number of hydrogen-bond donors (Lipinski definition) is 1. The van der Waals surface area contributed by atoms with E-state index in [0.717, 1.165) is 12.0 Å². The van der Waals surface area contributed by atoms with E-state index >= 15 is 0 Å². The van der Waals surface area contributed by atoms with E-state index in [9.17, 15) is 0 Å². The Labute approximate surface area is 76.3 Å². The fraction of sp³-hybridized carbons (Fsp3) is 1.00. The molecule has 2 heteroatoms. The molecule has 0 aromatic carbocycles. The largest absolute Gasteiger partial charge is 0.319 e. The van der Waals surface area contributed by atoms with Crippen molar-refractivity contribution in [3.63, 3.8) is 0 Å². The van der Waals surface area contributed by atoms with Gasteiger partial charge in [0, 0.05) is 6.04 Å². The van der Waals surface area contributed by atoms with Gasteiger partial charge in [-0.05, 0) is 52.4 Å². The molecule has 2 nitrogen and oxygen atoms in total. The molecule has 0 aromatic heterocycles. The van der Waals surface area contributed by atoms with Gasteiger partial charge in [0.05, 0.1) is 0 Å². The molecule has 2 unspecified atom stereocenters. The van der Waals surface area contributed by atoms with Gasteiger partial charge in [0.2, 0.25) is 0 Å². The summed E-state index contributed by atoms with van der Waals surface area (Å²) in [6.07, 6.45) is 4.10. The van der Waals surface area contributed by atoms with Crippen molar-refractivity contribution in [1.82, 2.24) is 10.2 Å². The third-order valence-corrected chi connectivity index (χ3v) is 2.99. The van der Waals surface area contributed by atoms with E-state index < -0.39 is 0 Å². The van der Waals surface area contributed by atoms with Crippen molar-refractivity contribution in [3.8, 4) is 0 Å². The molecule has 0 heterocycles. The zero-order valence-electron chi connectivity index (χ0n) is 8.64. The first-order chi connectivity index (χ1) is 5.79. The highest BCUT2D eigenvalue weighted by Gasteiger charge is 2.32. The van der Waals surface area contributed by atoms with Crippen LogP contribution in [0.1, 0.15) is 26.2 Å². The highest BCUT2D eigenvalue weighted by Crippen LogP contribution is 2.30. The molecule has 0 amide bonds. The quantitative estimate of drug-likeness (QED) is 0.669. The van der Waals surface area contributed by atoms with E-state index in [0.29, 0.717) is 0 Å². The Morgan fingerprint density at radius 1 is 1.42 bits per heavy atom. The molecule has 1 aliphatic rings. The Morgan fingerprint density at radius 3 is 2.58 bits per heavy atom. The lowest BCUT2D eigenvalue weighted by atomic mass is 9.78. The maximum atomic E-state index is 3.27. The lowest BCUT2D eigenvalue weighted by Crippen LogP contribution is -2.48. The maximum Gasteiger partial charge on any atom is 0.0133 e. The molecule has 1 aliphatic carbocycles. The van der Waals surface area contributed by atoms with Gasteiger partial charge in [-0.3, -0.25) is 0 Å². The van der Waals surface area contributed by atoms with Crippen LogP contribution in [-0.4, -0.2) is 38.1 Å². The molecule has 1 rings (SSSR count). The smallest absolute Gasteiger partial charge is 0.0133 e. The molecule has 1 N–H and O–H groups in total. The lowest BCUT2D eigenvalue weighted by molar-refractivity contribution is 0.0853. The van der Waals surface area contributed by atoms with E-state index in [4.69, 9.17) is 0 Å². The molecule has 12 heavy (non-hydrogen) atoms. The number of rotatable bonds is 5. The van der Waals surface area contributed by atoms with Crippen molar-refractivity contribution in [2.75, 3.05) is 27.2 Å². The Bertz CT molecular complexity index is 117. The second kappa shape index (κ2) is 4.83. The molecule has 0 bridgehead atoms. The van der Waals surface area contributed by atoms with Crippen LogP contribution in [0, 0.1) is 5.92 Å². The molecule has 72 valence electrons. The standard InChI is InChI=1S/C10H22N2/c1-4-7-12(3)10-6-5-9(10)8-11-2/h9-11H,4-8H2,1-3H3. The average molecular weight is 170 g/mol. The predicted octanol–water partition coefficient (Wildman–Crippen LogP) is 1.33. The maximum absolute atomic E-state index is 3.27. The summed E-state index contributed by atoms with van der Waals surface area (Å²) in [6.45, 7) is 4.70. The molecule has 0 spiro atoms. The van der Waals surface area contributed by atoms with Crippen molar-refractivity contribution in [3.05, 3.63) is 0 Å². The van der Waals surface area contributed by atoms with E-state index in [2.05, 4.69) is 31.2 Å². The fourth-order valence-corrected chi connectivity index (χ4v) is 2.15. The van der Waals surface area contributed by atoms with Gasteiger partial charge in [-0.25, -0.2) is 0 Å². The predicted molar refractivity (Wildman–Crippen MR) is 53.4 cm³/mol. The SMILES string of the molecule is CCCN(C)C1CCC1CNC. The summed E-state index contributed by atoms with van der Waals surface area (Å²) in [7, 11) is 4.31. The first-order valence-electron chi connectivity index (χ1n) is 5.14. The average Bonchev–Trinajstić information content (AvgIpc) is 1.98. The summed E-state index contributed by atoms with van der Waals surface area (Å²) in [5.74, 6) is 0.909. The molecule has 0 radical (unpaired) electrons. The summed E-state index contributed by atoms with van der Waals surface area (Å²) in [5, 5.41) is 3.27. The Kier molecular flexibility index (Phi) is 4.02. The van der Waals surface area contributed by atoms with E-state index in [-0.39, 0.29) is 0 Å². The van der Waals surface area contributed by atoms with Crippen LogP contribution in [-0.2, 0) is 0 Å². The van der Waals surface area contributed by atoms with Crippen LogP contribution in [0.2, 0.25) is 0 Å². The molecule has 1 fully saturated rings. The monoisotopic (exact) mass is 170 g/mol. The van der Waals surface area contributed by atoms with Crippen LogP contribution in [0.25, 0.3) is 0 Å². The third kappa shape index (κ3) is 2.20. The molecular weight excluding hydrogens is 148 g/mol. The fourth-order valence-electron chi connectivity index (χ4n) is 2.15. The second-order valence-corrected chi connectivity index (χ2v) is 3.94. The number of nitrogens with one attached hydrogen (secondary N) is 1. The van der Waals surface area contributed by atoms with Gasteiger partial charge < -0.3 is 10.2 Å². The summed E-state index contributed by atoms with van der Waals surface area (Å²) in [5.41, 5.74) is 0. The molecule has 2 atom stereocenters. The molecular formula is C10H22N2. The first kappa shape index (κ1) is 10.0. The van der Waals surface area contributed by atoms with Crippen molar-refractivity contribution in [2.24, 2.45) is 5.92 Å². The summed E-state index contributed by atoms with van der Waals surface area (Å²) in [4.78, 5) is 2.52. The highest BCUT2D eigenvalue weighted by atomic mass is 15.1. The Balaban J connectivity index is 2.22. The number of nitrogens with zero attached hydrogens (tertiary/aromatic N) is 1. The van der Waals surface area contributed by atoms with Crippen molar-refractivity contribution in [2.45, 2.75) is 32.2 Å². The van der Waals surface area contributed by atoms with Crippen LogP contribution in [0.4, 0.5) is 0 Å². The van der Waals surface area contributed by atoms with Gasteiger partial charge in [0.15, 0.2) is 0 Å². The van der Waals surface area contributed by atoms with E-state index in [1.54, 1.807) is 0 Å². The summed E-state index contributed by atoms with van der Waals surface area (Å²) >= 11 is 0. The molecule has 0 aliphatic heterocycles. The third-order valence-electron chi connectivity index (χ3n) is 2.99. The van der Waals surface area contributed by atoms with Crippen molar-refractivity contribution >= 4 is 0 Å². The van der Waals surface area contributed by atoms with Gasteiger partial charge in [0.1, 0.15) is 0 Å². The topological polar surface area (TPSA) is 15.3 Å². The van der Waals surface area contributed by atoms with Crippen LogP contribution < -0.4 is 5.32 Å². The van der Waals surface area contributed by atoms with Gasteiger partial charge >= 0.3 is 0 Å². The Hall–Kier alpha value is -0.0800.